The molecule has 0 aliphatic heterocycles. The van der Waals surface area contributed by atoms with Crippen molar-refractivity contribution >= 4 is 0 Å². The summed E-state index contributed by atoms with van der Waals surface area (Å²) in [6, 6.07) is 2.11. The van der Waals surface area contributed by atoms with Crippen molar-refractivity contribution in [3.8, 4) is 11.1 Å². The molecule has 18 heavy (non-hydrogen) atoms. The molecule has 0 unspecified atom stereocenters. The molecule has 0 radical (unpaired) electrons. The second kappa shape index (κ2) is 3.61. The highest BCUT2D eigenvalue weighted by molar-refractivity contribution is 5.78. The maximum Gasteiger partial charge on any atom is 0.115 e. The first-order valence-corrected chi connectivity index (χ1v) is 6.67. The molecular formula is C15H15N3. The SMILES string of the molecule is c1cc2c(cn1)C1(CCCCC1)c1ncncc1-2. The van der Waals surface area contributed by atoms with Crippen LogP contribution < -0.4 is 0 Å². The van der Waals surface area contributed by atoms with Crippen LogP contribution in [-0.2, 0) is 5.41 Å². The van der Waals surface area contributed by atoms with E-state index < -0.39 is 0 Å². The number of hydrogen-bond acceptors (Lipinski definition) is 3. The molecule has 0 bridgehead atoms. The molecule has 90 valence electrons. The minimum absolute atomic E-state index is 0.125. The second-order valence-corrected chi connectivity index (χ2v) is 5.35. The fourth-order valence-electron chi connectivity index (χ4n) is 3.71. The smallest absolute Gasteiger partial charge is 0.115 e. The van der Waals surface area contributed by atoms with Gasteiger partial charge in [0.2, 0.25) is 0 Å². The first-order valence-electron chi connectivity index (χ1n) is 6.67. The lowest BCUT2D eigenvalue weighted by molar-refractivity contribution is 0.345. The molecular weight excluding hydrogens is 222 g/mol. The van der Waals surface area contributed by atoms with Crippen LogP contribution in [0.4, 0.5) is 0 Å². The molecule has 0 atom stereocenters. The third-order valence-corrected chi connectivity index (χ3v) is 4.50. The van der Waals surface area contributed by atoms with Gasteiger partial charge >= 0.3 is 0 Å². The number of pyridine rings is 1. The van der Waals surface area contributed by atoms with Crippen molar-refractivity contribution in [2.75, 3.05) is 0 Å². The molecule has 4 rings (SSSR count). The maximum atomic E-state index is 4.61. The highest BCUT2D eigenvalue weighted by Crippen LogP contribution is 2.54. The van der Waals surface area contributed by atoms with Gasteiger partial charge in [-0.3, -0.25) is 4.98 Å². The zero-order valence-corrected chi connectivity index (χ0v) is 10.3. The summed E-state index contributed by atoms with van der Waals surface area (Å²) in [7, 11) is 0. The van der Waals surface area contributed by atoms with E-state index >= 15 is 0 Å². The van der Waals surface area contributed by atoms with Gasteiger partial charge in [0.15, 0.2) is 0 Å². The highest BCUT2D eigenvalue weighted by atomic mass is 14.9. The van der Waals surface area contributed by atoms with E-state index in [4.69, 9.17) is 0 Å². The first kappa shape index (κ1) is 10.2. The van der Waals surface area contributed by atoms with Crippen LogP contribution in [0, 0.1) is 0 Å². The molecule has 3 heteroatoms. The van der Waals surface area contributed by atoms with Gasteiger partial charge in [-0.1, -0.05) is 19.3 Å². The van der Waals surface area contributed by atoms with Crippen molar-refractivity contribution < 1.29 is 0 Å². The number of rotatable bonds is 0. The topological polar surface area (TPSA) is 38.7 Å². The Morgan fingerprint density at radius 2 is 1.83 bits per heavy atom. The Labute approximate surface area is 106 Å². The van der Waals surface area contributed by atoms with E-state index in [1.54, 1.807) is 6.33 Å². The molecule has 0 amide bonds. The number of aromatic nitrogens is 3. The van der Waals surface area contributed by atoms with Crippen molar-refractivity contribution in [3.63, 3.8) is 0 Å². The van der Waals surface area contributed by atoms with Gasteiger partial charge in [0.05, 0.1) is 5.69 Å². The van der Waals surface area contributed by atoms with Crippen LogP contribution >= 0.6 is 0 Å². The molecule has 1 spiro atoms. The summed E-state index contributed by atoms with van der Waals surface area (Å²) in [6.45, 7) is 0. The van der Waals surface area contributed by atoms with Gasteiger partial charge < -0.3 is 0 Å². The lowest BCUT2D eigenvalue weighted by Crippen LogP contribution is -2.29. The molecule has 0 saturated heterocycles. The zero-order valence-electron chi connectivity index (χ0n) is 10.3. The molecule has 2 aliphatic rings. The number of fused-ring (bicyclic) bond motifs is 5. The largest absolute Gasteiger partial charge is 0.264 e. The van der Waals surface area contributed by atoms with E-state index in [0.29, 0.717) is 0 Å². The summed E-state index contributed by atoms with van der Waals surface area (Å²) >= 11 is 0. The molecule has 0 N–H and O–H groups in total. The van der Waals surface area contributed by atoms with Gasteiger partial charge in [0, 0.05) is 29.6 Å². The molecule has 2 aromatic heterocycles. The molecule has 1 saturated carbocycles. The summed E-state index contributed by atoms with van der Waals surface area (Å²) < 4.78 is 0. The summed E-state index contributed by atoms with van der Waals surface area (Å²) in [5, 5.41) is 0. The molecule has 2 aromatic rings. The van der Waals surface area contributed by atoms with Crippen LogP contribution in [0.15, 0.2) is 31.0 Å². The third-order valence-electron chi connectivity index (χ3n) is 4.50. The van der Waals surface area contributed by atoms with Crippen LogP contribution in [0.2, 0.25) is 0 Å². The van der Waals surface area contributed by atoms with Crippen molar-refractivity contribution in [2.24, 2.45) is 0 Å². The van der Waals surface area contributed by atoms with Crippen LogP contribution in [0.25, 0.3) is 11.1 Å². The Morgan fingerprint density at radius 3 is 2.72 bits per heavy atom. The zero-order chi connectivity index (χ0) is 12.0. The van der Waals surface area contributed by atoms with E-state index in [-0.39, 0.29) is 5.41 Å². The Morgan fingerprint density at radius 1 is 0.944 bits per heavy atom. The minimum atomic E-state index is 0.125. The van der Waals surface area contributed by atoms with Gasteiger partial charge in [0.25, 0.3) is 0 Å². The predicted octanol–water partition coefficient (Wildman–Crippen LogP) is 3.10. The van der Waals surface area contributed by atoms with Gasteiger partial charge in [-0.05, 0) is 30.0 Å². The average molecular weight is 237 g/mol. The Hall–Kier alpha value is -1.77. The van der Waals surface area contributed by atoms with Crippen LogP contribution in [0.5, 0.6) is 0 Å². The lowest BCUT2D eigenvalue weighted by Gasteiger charge is -2.34. The van der Waals surface area contributed by atoms with Gasteiger partial charge in [-0.15, -0.1) is 0 Å². The summed E-state index contributed by atoms with van der Waals surface area (Å²) in [4.78, 5) is 13.2. The standard InChI is InChI=1S/C15H15N3/c1-2-5-15(6-3-1)13-9-16-7-4-11(13)12-8-17-10-18-14(12)15/h4,7-10H,1-3,5-6H2. The van der Waals surface area contributed by atoms with Crippen molar-refractivity contribution in [1.29, 1.82) is 0 Å². The molecule has 3 nitrogen and oxygen atoms in total. The summed E-state index contributed by atoms with van der Waals surface area (Å²) in [5.41, 5.74) is 5.25. The van der Waals surface area contributed by atoms with Crippen molar-refractivity contribution in [1.82, 2.24) is 15.0 Å². The van der Waals surface area contributed by atoms with Crippen LogP contribution in [0.1, 0.15) is 43.4 Å². The van der Waals surface area contributed by atoms with E-state index in [2.05, 4.69) is 21.0 Å². The van der Waals surface area contributed by atoms with E-state index in [9.17, 15) is 0 Å². The minimum Gasteiger partial charge on any atom is -0.264 e. The molecule has 2 aliphatic carbocycles. The third kappa shape index (κ3) is 1.17. The van der Waals surface area contributed by atoms with E-state index in [1.807, 2.05) is 18.6 Å². The van der Waals surface area contributed by atoms with Gasteiger partial charge in [0.1, 0.15) is 6.33 Å². The van der Waals surface area contributed by atoms with Crippen LogP contribution in [0.3, 0.4) is 0 Å². The Bertz CT molecular complexity index is 553. The summed E-state index contributed by atoms with van der Waals surface area (Å²) in [5.74, 6) is 0. The fraction of sp³-hybridized carbons (Fsp3) is 0.400. The van der Waals surface area contributed by atoms with Crippen molar-refractivity contribution in [3.05, 3.63) is 42.2 Å². The van der Waals surface area contributed by atoms with Crippen LogP contribution in [-0.4, -0.2) is 15.0 Å². The van der Waals surface area contributed by atoms with E-state index in [1.165, 1.54) is 54.5 Å². The van der Waals surface area contributed by atoms with Gasteiger partial charge in [-0.25, -0.2) is 9.97 Å². The Kier molecular flexibility index (Phi) is 2.04. The fourth-order valence-corrected chi connectivity index (χ4v) is 3.71. The number of nitrogens with zero attached hydrogens (tertiary/aromatic N) is 3. The predicted molar refractivity (Wildman–Crippen MR) is 69.1 cm³/mol. The van der Waals surface area contributed by atoms with Crippen molar-refractivity contribution in [2.45, 2.75) is 37.5 Å². The second-order valence-electron chi connectivity index (χ2n) is 5.35. The molecule has 2 heterocycles. The van der Waals surface area contributed by atoms with Gasteiger partial charge in [-0.2, -0.15) is 0 Å². The molecule has 0 aromatic carbocycles. The highest BCUT2D eigenvalue weighted by Gasteiger charge is 2.45. The maximum absolute atomic E-state index is 4.61. The quantitative estimate of drug-likeness (QED) is 0.706. The first-order chi connectivity index (χ1) is 8.92. The lowest BCUT2D eigenvalue weighted by atomic mass is 9.70. The number of hydrogen-bond donors (Lipinski definition) is 0. The normalized spacial score (nSPS) is 19.6. The van der Waals surface area contributed by atoms with E-state index in [0.717, 1.165) is 0 Å². The molecule has 1 fully saturated rings. The Balaban J connectivity index is 2.03. The summed E-state index contributed by atoms with van der Waals surface area (Å²) in [6.07, 6.45) is 13.9. The monoisotopic (exact) mass is 237 g/mol. The average Bonchev–Trinajstić information content (AvgIpc) is 2.72.